The summed E-state index contributed by atoms with van der Waals surface area (Å²) in [6, 6.07) is 5.98. The van der Waals surface area contributed by atoms with Crippen LogP contribution in [0.25, 0.3) is 0 Å². The molecule has 1 aromatic carbocycles. The van der Waals surface area contributed by atoms with Crippen LogP contribution in [0.2, 0.25) is 10.0 Å². The minimum Gasteiger partial charge on any atom is -0.271 e. The zero-order chi connectivity index (χ0) is 14.4. The summed E-state index contributed by atoms with van der Waals surface area (Å²) in [5.74, 6) is 5.76. The molecule has 3 N–H and O–H groups in total. The Morgan fingerprint density at radius 2 is 1.90 bits per heavy atom. The van der Waals surface area contributed by atoms with Crippen molar-refractivity contribution in [1.82, 2.24) is 5.43 Å². The van der Waals surface area contributed by atoms with Crippen LogP contribution in [0.15, 0.2) is 29.8 Å². The maximum absolute atomic E-state index is 6.08. The van der Waals surface area contributed by atoms with Gasteiger partial charge in [0.1, 0.15) is 0 Å². The maximum atomic E-state index is 6.08. The number of hydrogen-bond acceptors (Lipinski definition) is 2. The Labute approximate surface area is 131 Å². The van der Waals surface area contributed by atoms with Crippen LogP contribution in [0.1, 0.15) is 44.1 Å². The Hall–Kier alpha value is -0.540. The zero-order valence-corrected chi connectivity index (χ0v) is 13.2. The van der Waals surface area contributed by atoms with E-state index in [1.807, 2.05) is 18.2 Å². The minimum absolute atomic E-state index is 0.186. The van der Waals surface area contributed by atoms with Crippen molar-refractivity contribution in [3.63, 3.8) is 0 Å². The lowest BCUT2D eigenvalue weighted by molar-refractivity contribution is 0.537. The van der Waals surface area contributed by atoms with Gasteiger partial charge in [-0.1, -0.05) is 53.8 Å². The topological polar surface area (TPSA) is 38.0 Å². The van der Waals surface area contributed by atoms with Crippen LogP contribution in [0, 0.1) is 0 Å². The van der Waals surface area contributed by atoms with Crippen LogP contribution in [-0.2, 0) is 6.42 Å². The molecule has 0 heterocycles. The van der Waals surface area contributed by atoms with Gasteiger partial charge in [-0.15, -0.1) is 0 Å². The third-order valence-electron chi connectivity index (χ3n) is 3.90. The lowest BCUT2D eigenvalue weighted by atomic mass is 9.92. The molecule has 1 unspecified atom stereocenters. The number of benzene rings is 1. The zero-order valence-electron chi connectivity index (χ0n) is 11.7. The Balaban J connectivity index is 2.08. The van der Waals surface area contributed by atoms with E-state index in [0.717, 1.165) is 24.8 Å². The van der Waals surface area contributed by atoms with Crippen molar-refractivity contribution in [2.45, 2.75) is 51.0 Å². The highest BCUT2D eigenvalue weighted by Gasteiger charge is 2.15. The number of rotatable bonds is 4. The van der Waals surface area contributed by atoms with E-state index in [2.05, 4.69) is 11.5 Å². The highest BCUT2D eigenvalue weighted by atomic mass is 35.5. The van der Waals surface area contributed by atoms with Gasteiger partial charge >= 0.3 is 0 Å². The number of hydrazine groups is 1. The molecule has 2 rings (SSSR count). The molecule has 0 saturated carbocycles. The van der Waals surface area contributed by atoms with Crippen molar-refractivity contribution < 1.29 is 0 Å². The van der Waals surface area contributed by atoms with Gasteiger partial charge in [-0.05, 0) is 49.8 Å². The molecule has 0 aliphatic heterocycles. The third kappa shape index (κ3) is 4.49. The van der Waals surface area contributed by atoms with Crippen LogP contribution in [0.3, 0.4) is 0 Å². The molecule has 1 aliphatic rings. The quantitative estimate of drug-likeness (QED) is 0.482. The van der Waals surface area contributed by atoms with Crippen molar-refractivity contribution in [2.75, 3.05) is 0 Å². The summed E-state index contributed by atoms with van der Waals surface area (Å²) in [5, 5.41) is 1.20. The first-order chi connectivity index (χ1) is 9.70. The molecule has 0 amide bonds. The molecule has 110 valence electrons. The molecule has 0 aromatic heterocycles. The molecular weight excluding hydrogens is 291 g/mol. The molecule has 0 saturated heterocycles. The smallest absolute Gasteiger partial charge is 0.0595 e. The summed E-state index contributed by atoms with van der Waals surface area (Å²) >= 11 is 12.0. The summed E-state index contributed by atoms with van der Waals surface area (Å²) in [4.78, 5) is 0. The first-order valence-electron chi connectivity index (χ1n) is 7.29. The third-order valence-corrected chi connectivity index (χ3v) is 4.64. The lowest BCUT2D eigenvalue weighted by Gasteiger charge is -2.22. The standard InChI is InChI=1S/C16H22Cl2N2/c17-14-9-8-12(10-15(14)18)11-16(20-19)13-6-4-2-1-3-5-7-13/h6,8-10,16,20H,1-5,7,11,19H2/b13-6+. The monoisotopic (exact) mass is 312 g/mol. The van der Waals surface area contributed by atoms with Crippen LogP contribution in [0.5, 0.6) is 0 Å². The number of nitrogens with one attached hydrogen (secondary N) is 1. The van der Waals surface area contributed by atoms with Gasteiger partial charge in [-0.25, -0.2) is 0 Å². The van der Waals surface area contributed by atoms with Crippen LogP contribution in [0.4, 0.5) is 0 Å². The van der Waals surface area contributed by atoms with Crippen molar-refractivity contribution in [1.29, 1.82) is 0 Å². The van der Waals surface area contributed by atoms with Gasteiger partial charge in [0, 0.05) is 6.04 Å². The highest BCUT2D eigenvalue weighted by Crippen LogP contribution is 2.25. The van der Waals surface area contributed by atoms with Crippen molar-refractivity contribution in [3.05, 3.63) is 45.5 Å². The first-order valence-corrected chi connectivity index (χ1v) is 8.05. The highest BCUT2D eigenvalue weighted by molar-refractivity contribution is 6.42. The molecule has 0 fully saturated rings. The summed E-state index contributed by atoms with van der Waals surface area (Å²) in [7, 11) is 0. The molecule has 1 aromatic rings. The second-order valence-electron chi connectivity index (χ2n) is 5.40. The van der Waals surface area contributed by atoms with E-state index >= 15 is 0 Å². The fourth-order valence-corrected chi connectivity index (χ4v) is 3.05. The number of hydrogen-bond donors (Lipinski definition) is 2. The predicted octanol–water partition coefficient (Wildman–Crippen LogP) is 4.65. The van der Waals surface area contributed by atoms with E-state index in [9.17, 15) is 0 Å². The van der Waals surface area contributed by atoms with Gasteiger partial charge in [0.25, 0.3) is 0 Å². The van der Waals surface area contributed by atoms with Gasteiger partial charge in [-0.2, -0.15) is 0 Å². The predicted molar refractivity (Wildman–Crippen MR) is 87.1 cm³/mol. The Kier molecular flexibility index (Phi) is 6.37. The second kappa shape index (κ2) is 8.04. The van der Waals surface area contributed by atoms with Gasteiger partial charge in [0.2, 0.25) is 0 Å². The molecular formula is C16H22Cl2N2. The Morgan fingerprint density at radius 1 is 1.10 bits per heavy atom. The molecule has 0 bridgehead atoms. The van der Waals surface area contributed by atoms with Gasteiger partial charge in [0.05, 0.1) is 10.0 Å². The van der Waals surface area contributed by atoms with Crippen molar-refractivity contribution >= 4 is 23.2 Å². The minimum atomic E-state index is 0.186. The Morgan fingerprint density at radius 3 is 2.65 bits per heavy atom. The van der Waals surface area contributed by atoms with Gasteiger partial charge < -0.3 is 0 Å². The van der Waals surface area contributed by atoms with E-state index in [4.69, 9.17) is 29.0 Å². The van der Waals surface area contributed by atoms with Crippen LogP contribution in [-0.4, -0.2) is 6.04 Å². The normalized spacial score (nSPS) is 20.6. The number of halogens is 2. The van der Waals surface area contributed by atoms with Crippen molar-refractivity contribution in [2.24, 2.45) is 5.84 Å². The van der Waals surface area contributed by atoms with E-state index < -0.39 is 0 Å². The molecule has 1 aliphatic carbocycles. The first kappa shape index (κ1) is 15.8. The average molecular weight is 313 g/mol. The fourth-order valence-electron chi connectivity index (χ4n) is 2.73. The van der Waals surface area contributed by atoms with Gasteiger partial charge in [0.15, 0.2) is 0 Å². The van der Waals surface area contributed by atoms with E-state index in [-0.39, 0.29) is 6.04 Å². The van der Waals surface area contributed by atoms with Gasteiger partial charge in [-0.3, -0.25) is 11.3 Å². The average Bonchev–Trinajstić information content (AvgIpc) is 2.40. The molecule has 1 atom stereocenters. The van der Waals surface area contributed by atoms with E-state index in [1.165, 1.54) is 31.3 Å². The molecule has 20 heavy (non-hydrogen) atoms. The fraction of sp³-hybridized carbons (Fsp3) is 0.500. The van der Waals surface area contributed by atoms with E-state index in [1.54, 1.807) is 0 Å². The maximum Gasteiger partial charge on any atom is 0.0595 e. The summed E-state index contributed by atoms with van der Waals surface area (Å²) in [6.45, 7) is 0. The second-order valence-corrected chi connectivity index (χ2v) is 6.22. The molecule has 0 spiro atoms. The molecule has 0 radical (unpaired) electrons. The lowest BCUT2D eigenvalue weighted by Crippen LogP contribution is -2.38. The number of nitrogens with two attached hydrogens (primary N) is 1. The largest absolute Gasteiger partial charge is 0.271 e. The van der Waals surface area contributed by atoms with Crippen LogP contribution >= 0.6 is 23.2 Å². The summed E-state index contributed by atoms with van der Waals surface area (Å²) in [6.07, 6.45) is 10.7. The molecule has 4 heteroatoms. The summed E-state index contributed by atoms with van der Waals surface area (Å²) in [5.41, 5.74) is 5.54. The van der Waals surface area contributed by atoms with E-state index in [0.29, 0.717) is 10.0 Å². The number of allylic oxidation sites excluding steroid dienone is 1. The van der Waals surface area contributed by atoms with Crippen LogP contribution < -0.4 is 11.3 Å². The SMILES string of the molecule is NNC(Cc1ccc(Cl)c(Cl)c1)/C1=C/CCCCCC1. The molecule has 2 nitrogen and oxygen atoms in total. The summed E-state index contributed by atoms with van der Waals surface area (Å²) < 4.78 is 0. The Bertz CT molecular complexity index is 472. The van der Waals surface area contributed by atoms with Crippen molar-refractivity contribution in [3.8, 4) is 0 Å².